The number of aliphatic hydroxyl groups is 1. The quantitative estimate of drug-likeness (QED) is 0.815. The summed E-state index contributed by atoms with van der Waals surface area (Å²) in [5, 5.41) is 16.3. The summed E-state index contributed by atoms with van der Waals surface area (Å²) < 4.78 is 10.6. The molecule has 0 bridgehead atoms. The SMILES string of the molecule is NCc1nc(CN2CCOCC2CC(O)c2cccs2)no1. The minimum atomic E-state index is -0.473. The van der Waals surface area contributed by atoms with Crippen molar-refractivity contribution in [3.05, 3.63) is 34.1 Å². The Morgan fingerprint density at radius 2 is 2.45 bits per heavy atom. The van der Waals surface area contributed by atoms with E-state index in [4.69, 9.17) is 15.0 Å². The van der Waals surface area contributed by atoms with Crippen LogP contribution >= 0.6 is 11.3 Å². The molecule has 0 amide bonds. The molecule has 0 saturated carbocycles. The van der Waals surface area contributed by atoms with Gasteiger partial charge in [0.25, 0.3) is 0 Å². The molecule has 2 atom stereocenters. The van der Waals surface area contributed by atoms with Gasteiger partial charge in [0.2, 0.25) is 5.89 Å². The molecule has 3 heterocycles. The van der Waals surface area contributed by atoms with Gasteiger partial charge in [-0.05, 0) is 17.9 Å². The van der Waals surface area contributed by atoms with Crippen LogP contribution < -0.4 is 5.73 Å². The maximum atomic E-state index is 10.3. The Bertz CT molecular complexity index is 574. The largest absolute Gasteiger partial charge is 0.388 e. The van der Waals surface area contributed by atoms with E-state index in [1.54, 1.807) is 11.3 Å². The van der Waals surface area contributed by atoms with Crippen LogP contribution in [0.2, 0.25) is 0 Å². The van der Waals surface area contributed by atoms with E-state index in [1.807, 2.05) is 17.5 Å². The highest BCUT2D eigenvalue weighted by Gasteiger charge is 2.27. The van der Waals surface area contributed by atoms with Gasteiger partial charge in [-0.2, -0.15) is 4.98 Å². The van der Waals surface area contributed by atoms with Gasteiger partial charge in [0.05, 0.1) is 32.4 Å². The van der Waals surface area contributed by atoms with Crippen molar-refractivity contribution in [3.63, 3.8) is 0 Å². The Labute approximate surface area is 132 Å². The molecule has 3 rings (SSSR count). The van der Waals surface area contributed by atoms with Gasteiger partial charge in [-0.3, -0.25) is 4.90 Å². The van der Waals surface area contributed by atoms with E-state index < -0.39 is 6.10 Å². The molecule has 0 aliphatic carbocycles. The molecule has 2 aromatic rings. The third-order valence-corrected chi connectivity index (χ3v) is 4.72. The van der Waals surface area contributed by atoms with Crippen LogP contribution in [0.4, 0.5) is 0 Å². The van der Waals surface area contributed by atoms with E-state index in [-0.39, 0.29) is 12.6 Å². The maximum Gasteiger partial charge on any atom is 0.240 e. The first-order chi connectivity index (χ1) is 10.8. The van der Waals surface area contributed by atoms with Gasteiger partial charge < -0.3 is 20.1 Å². The van der Waals surface area contributed by atoms with Crippen LogP contribution in [-0.2, 0) is 17.8 Å². The summed E-state index contributed by atoms with van der Waals surface area (Å²) in [6, 6.07) is 4.04. The normalized spacial score (nSPS) is 21.1. The summed E-state index contributed by atoms with van der Waals surface area (Å²) in [5.41, 5.74) is 5.48. The highest BCUT2D eigenvalue weighted by molar-refractivity contribution is 7.10. The molecule has 22 heavy (non-hydrogen) atoms. The van der Waals surface area contributed by atoms with Crippen molar-refractivity contribution in [2.45, 2.75) is 31.7 Å². The number of aromatic nitrogens is 2. The lowest BCUT2D eigenvalue weighted by atomic mass is 10.1. The van der Waals surface area contributed by atoms with Gasteiger partial charge >= 0.3 is 0 Å². The number of morpholine rings is 1. The van der Waals surface area contributed by atoms with Gasteiger partial charge in [-0.1, -0.05) is 11.2 Å². The molecule has 8 heteroatoms. The molecule has 3 N–H and O–H groups in total. The van der Waals surface area contributed by atoms with Crippen LogP contribution in [0.15, 0.2) is 22.0 Å². The lowest BCUT2D eigenvalue weighted by Crippen LogP contribution is -2.45. The summed E-state index contributed by atoms with van der Waals surface area (Å²) in [6.45, 7) is 2.89. The Kier molecular flexibility index (Phi) is 5.16. The molecule has 0 spiro atoms. The molecule has 7 nitrogen and oxygen atoms in total. The van der Waals surface area contributed by atoms with Gasteiger partial charge in [0.15, 0.2) is 5.82 Å². The molecule has 1 saturated heterocycles. The zero-order chi connectivity index (χ0) is 15.4. The topological polar surface area (TPSA) is 97.6 Å². The van der Waals surface area contributed by atoms with Crippen molar-refractivity contribution in [2.24, 2.45) is 5.73 Å². The first-order valence-corrected chi connectivity index (χ1v) is 8.19. The summed E-state index contributed by atoms with van der Waals surface area (Å²) in [7, 11) is 0. The smallest absolute Gasteiger partial charge is 0.240 e. The molecule has 2 aromatic heterocycles. The molecule has 1 fully saturated rings. The van der Waals surface area contributed by atoms with E-state index in [0.29, 0.717) is 37.9 Å². The summed E-state index contributed by atoms with van der Waals surface area (Å²) >= 11 is 1.57. The molecular formula is C14H20N4O3S. The second-order valence-corrected chi connectivity index (χ2v) is 6.25. The number of thiophene rings is 1. The highest BCUT2D eigenvalue weighted by Crippen LogP contribution is 2.26. The summed E-state index contributed by atoms with van der Waals surface area (Å²) in [5.74, 6) is 1.07. The molecule has 120 valence electrons. The number of nitrogens with two attached hydrogens (primary N) is 1. The number of hydrogen-bond donors (Lipinski definition) is 2. The molecule has 2 unspecified atom stereocenters. The Balaban J connectivity index is 1.63. The van der Waals surface area contributed by atoms with Gasteiger partial charge in [0, 0.05) is 17.5 Å². The molecule has 0 aromatic carbocycles. The lowest BCUT2D eigenvalue weighted by Gasteiger charge is -2.35. The predicted molar refractivity (Wildman–Crippen MR) is 81.1 cm³/mol. The van der Waals surface area contributed by atoms with E-state index in [2.05, 4.69) is 15.0 Å². The standard InChI is InChI=1S/C14H20N4O3S/c15-7-14-16-13(17-21-14)8-18-3-4-20-9-10(18)6-11(19)12-2-1-5-22-12/h1-2,5,10-11,19H,3-4,6-9,15H2. The number of nitrogens with zero attached hydrogens (tertiary/aromatic N) is 3. The highest BCUT2D eigenvalue weighted by atomic mass is 32.1. The predicted octanol–water partition coefficient (Wildman–Crippen LogP) is 0.914. The van der Waals surface area contributed by atoms with Crippen molar-refractivity contribution in [1.82, 2.24) is 15.0 Å². The second kappa shape index (κ2) is 7.30. The van der Waals surface area contributed by atoms with Crippen molar-refractivity contribution in [1.29, 1.82) is 0 Å². The monoisotopic (exact) mass is 324 g/mol. The molecule has 1 aliphatic rings. The van der Waals surface area contributed by atoms with Crippen molar-refractivity contribution in [2.75, 3.05) is 19.8 Å². The fourth-order valence-corrected chi connectivity index (χ4v) is 3.31. The molecule has 0 radical (unpaired) electrons. The fraction of sp³-hybridized carbons (Fsp3) is 0.571. The number of rotatable bonds is 6. The van der Waals surface area contributed by atoms with Crippen LogP contribution in [0.5, 0.6) is 0 Å². The number of aliphatic hydroxyl groups excluding tert-OH is 1. The summed E-state index contributed by atoms with van der Waals surface area (Å²) in [4.78, 5) is 7.45. The van der Waals surface area contributed by atoms with Gasteiger partial charge in [-0.15, -0.1) is 11.3 Å². The molecular weight excluding hydrogens is 304 g/mol. The van der Waals surface area contributed by atoms with Crippen LogP contribution in [0.3, 0.4) is 0 Å². The lowest BCUT2D eigenvalue weighted by molar-refractivity contribution is -0.0308. The van der Waals surface area contributed by atoms with Crippen molar-refractivity contribution in [3.8, 4) is 0 Å². The zero-order valence-electron chi connectivity index (χ0n) is 12.2. The molecule has 1 aliphatic heterocycles. The average Bonchev–Trinajstić information content (AvgIpc) is 3.20. The minimum absolute atomic E-state index is 0.130. The van der Waals surface area contributed by atoms with E-state index in [9.17, 15) is 5.11 Å². The Hall–Kier alpha value is -1.32. The van der Waals surface area contributed by atoms with E-state index in [0.717, 1.165) is 11.4 Å². The fourth-order valence-electron chi connectivity index (χ4n) is 2.59. The van der Waals surface area contributed by atoms with E-state index in [1.165, 1.54) is 0 Å². The van der Waals surface area contributed by atoms with Crippen LogP contribution in [0, 0.1) is 0 Å². The first kappa shape index (κ1) is 15.6. The Morgan fingerprint density at radius 1 is 1.55 bits per heavy atom. The van der Waals surface area contributed by atoms with E-state index >= 15 is 0 Å². The first-order valence-electron chi connectivity index (χ1n) is 7.31. The number of ether oxygens (including phenoxy) is 1. The number of hydrogen-bond acceptors (Lipinski definition) is 8. The summed E-state index contributed by atoms with van der Waals surface area (Å²) in [6.07, 6.45) is 0.154. The van der Waals surface area contributed by atoms with Crippen molar-refractivity contribution < 1.29 is 14.4 Å². The van der Waals surface area contributed by atoms with Crippen LogP contribution in [-0.4, -0.2) is 45.9 Å². The Morgan fingerprint density at radius 3 is 3.18 bits per heavy atom. The van der Waals surface area contributed by atoms with Gasteiger partial charge in [0.1, 0.15) is 0 Å². The van der Waals surface area contributed by atoms with Gasteiger partial charge in [-0.25, -0.2) is 0 Å². The minimum Gasteiger partial charge on any atom is -0.388 e. The zero-order valence-corrected chi connectivity index (χ0v) is 13.0. The third kappa shape index (κ3) is 3.71. The maximum absolute atomic E-state index is 10.3. The average molecular weight is 324 g/mol. The van der Waals surface area contributed by atoms with Crippen LogP contribution in [0.25, 0.3) is 0 Å². The second-order valence-electron chi connectivity index (χ2n) is 5.27. The van der Waals surface area contributed by atoms with Crippen LogP contribution in [0.1, 0.15) is 29.1 Å². The van der Waals surface area contributed by atoms with Crippen molar-refractivity contribution >= 4 is 11.3 Å². The third-order valence-electron chi connectivity index (χ3n) is 3.75.